The smallest absolute Gasteiger partial charge is 0.0675 e. The van der Waals surface area contributed by atoms with Gasteiger partial charge in [0.25, 0.3) is 0 Å². The number of aromatic nitrogens is 2. The van der Waals surface area contributed by atoms with Crippen molar-refractivity contribution in [2.24, 2.45) is 18.4 Å². The lowest BCUT2D eigenvalue weighted by Crippen LogP contribution is -2.49. The van der Waals surface area contributed by atoms with Crippen LogP contribution >= 0.6 is 0 Å². The molecule has 1 aliphatic carbocycles. The van der Waals surface area contributed by atoms with Crippen molar-refractivity contribution < 1.29 is 4.74 Å². The van der Waals surface area contributed by atoms with Crippen molar-refractivity contribution in [1.82, 2.24) is 15.1 Å². The van der Waals surface area contributed by atoms with Gasteiger partial charge < -0.3 is 10.1 Å². The Hall–Kier alpha value is -0.870. The van der Waals surface area contributed by atoms with Gasteiger partial charge in [0.2, 0.25) is 0 Å². The molecular weight excluding hydrogens is 262 g/mol. The molecule has 2 aliphatic rings. The average molecular weight is 291 g/mol. The van der Waals surface area contributed by atoms with Gasteiger partial charge in [-0.05, 0) is 57.9 Å². The third-order valence-corrected chi connectivity index (χ3v) is 4.84. The Morgan fingerprint density at radius 1 is 1.43 bits per heavy atom. The minimum absolute atomic E-state index is 0.151. The fraction of sp³-hybridized carbons (Fsp3) is 0.824. The molecule has 21 heavy (non-hydrogen) atoms. The lowest BCUT2D eigenvalue weighted by atomic mass is 9.74. The molecule has 0 radical (unpaired) electrons. The van der Waals surface area contributed by atoms with Crippen molar-refractivity contribution in [2.45, 2.75) is 58.1 Å². The van der Waals surface area contributed by atoms with Gasteiger partial charge in [-0.1, -0.05) is 0 Å². The molecule has 2 heterocycles. The summed E-state index contributed by atoms with van der Waals surface area (Å²) in [6.07, 6.45) is 9.51. The van der Waals surface area contributed by atoms with Crippen molar-refractivity contribution >= 4 is 0 Å². The molecular formula is C17H29N3O. The van der Waals surface area contributed by atoms with Gasteiger partial charge in [-0.25, -0.2) is 0 Å². The van der Waals surface area contributed by atoms with Crippen LogP contribution in [0.3, 0.4) is 0 Å². The van der Waals surface area contributed by atoms with Gasteiger partial charge in [0.05, 0.1) is 12.3 Å². The first-order chi connectivity index (χ1) is 9.88. The summed E-state index contributed by atoms with van der Waals surface area (Å²) in [6, 6.07) is 0. The molecule has 2 unspecified atom stereocenters. The summed E-state index contributed by atoms with van der Waals surface area (Å²) in [4.78, 5) is 0. The molecule has 1 saturated heterocycles. The molecule has 1 saturated carbocycles. The summed E-state index contributed by atoms with van der Waals surface area (Å²) < 4.78 is 8.07. The van der Waals surface area contributed by atoms with Crippen LogP contribution < -0.4 is 5.32 Å². The van der Waals surface area contributed by atoms with E-state index in [4.69, 9.17) is 4.74 Å². The molecule has 4 heteroatoms. The van der Waals surface area contributed by atoms with Crippen molar-refractivity contribution in [2.75, 3.05) is 13.2 Å². The van der Waals surface area contributed by atoms with Crippen LogP contribution in [0.4, 0.5) is 0 Å². The number of hydrogen-bond donors (Lipinski definition) is 1. The van der Waals surface area contributed by atoms with Gasteiger partial charge >= 0.3 is 0 Å². The summed E-state index contributed by atoms with van der Waals surface area (Å²) in [5.41, 5.74) is 1.72. The van der Waals surface area contributed by atoms with E-state index in [0.29, 0.717) is 6.10 Å². The number of nitrogens with zero attached hydrogens (tertiary/aromatic N) is 2. The molecule has 1 aromatic rings. The second-order valence-electron chi connectivity index (χ2n) is 8.04. The summed E-state index contributed by atoms with van der Waals surface area (Å²) in [5.74, 6) is 0.783. The number of hydrogen-bond acceptors (Lipinski definition) is 3. The Morgan fingerprint density at radius 2 is 2.19 bits per heavy atom. The van der Waals surface area contributed by atoms with Gasteiger partial charge in [0.15, 0.2) is 0 Å². The molecule has 4 nitrogen and oxygen atoms in total. The van der Waals surface area contributed by atoms with Crippen LogP contribution in [0.25, 0.3) is 0 Å². The van der Waals surface area contributed by atoms with Crippen LogP contribution in [-0.4, -0.2) is 34.6 Å². The zero-order valence-electron chi connectivity index (χ0n) is 13.9. The van der Waals surface area contributed by atoms with Crippen LogP contribution in [0.15, 0.2) is 12.4 Å². The number of rotatable bonds is 5. The van der Waals surface area contributed by atoms with Gasteiger partial charge in [-0.15, -0.1) is 0 Å². The van der Waals surface area contributed by atoms with Crippen molar-refractivity contribution in [3.05, 3.63) is 18.0 Å². The lowest BCUT2D eigenvalue weighted by Gasteiger charge is -2.37. The molecule has 0 spiro atoms. The van der Waals surface area contributed by atoms with Crippen molar-refractivity contribution in [3.8, 4) is 0 Å². The van der Waals surface area contributed by atoms with E-state index in [-0.39, 0.29) is 11.0 Å². The van der Waals surface area contributed by atoms with E-state index in [1.54, 1.807) is 0 Å². The van der Waals surface area contributed by atoms with Gasteiger partial charge in [0, 0.05) is 37.4 Å². The van der Waals surface area contributed by atoms with E-state index in [0.717, 1.165) is 31.9 Å². The van der Waals surface area contributed by atoms with E-state index in [9.17, 15) is 0 Å². The molecule has 1 aliphatic heterocycles. The summed E-state index contributed by atoms with van der Waals surface area (Å²) in [5, 5.41) is 8.08. The second kappa shape index (κ2) is 5.40. The van der Waals surface area contributed by atoms with Gasteiger partial charge in [-0.2, -0.15) is 5.10 Å². The standard InChI is InChI=1S/C17H29N3O/c1-16(2,3)18-12-17(9-13-10-19-20(4)11-13)7-8-21-15(17)14-5-6-14/h10-11,14-15,18H,5-9,12H2,1-4H3. The van der Waals surface area contributed by atoms with Gasteiger partial charge in [-0.3, -0.25) is 4.68 Å². The molecule has 2 atom stereocenters. The molecule has 1 N–H and O–H groups in total. The zero-order chi connectivity index (χ0) is 15.1. The largest absolute Gasteiger partial charge is 0.377 e. The minimum atomic E-state index is 0.151. The van der Waals surface area contributed by atoms with E-state index in [2.05, 4.69) is 37.4 Å². The highest BCUT2D eigenvalue weighted by atomic mass is 16.5. The molecule has 2 fully saturated rings. The second-order valence-corrected chi connectivity index (χ2v) is 8.04. The maximum atomic E-state index is 6.17. The molecule has 0 amide bonds. The Kier molecular flexibility index (Phi) is 3.87. The average Bonchev–Trinajstić information content (AvgIpc) is 3.03. The van der Waals surface area contributed by atoms with Crippen LogP contribution in [0.5, 0.6) is 0 Å². The Morgan fingerprint density at radius 3 is 2.76 bits per heavy atom. The Labute approximate surface area is 128 Å². The molecule has 0 aromatic carbocycles. The zero-order valence-corrected chi connectivity index (χ0v) is 13.9. The molecule has 1 aromatic heterocycles. The maximum absolute atomic E-state index is 6.17. The minimum Gasteiger partial charge on any atom is -0.377 e. The quantitative estimate of drug-likeness (QED) is 0.906. The molecule has 0 bridgehead atoms. The van der Waals surface area contributed by atoms with E-state index in [1.807, 2.05) is 17.9 Å². The van der Waals surface area contributed by atoms with E-state index in [1.165, 1.54) is 18.4 Å². The highest BCUT2D eigenvalue weighted by Crippen LogP contribution is 2.49. The number of ether oxygens (including phenoxy) is 1. The summed E-state index contributed by atoms with van der Waals surface area (Å²) in [6.45, 7) is 8.67. The normalized spacial score (nSPS) is 30.0. The highest BCUT2D eigenvalue weighted by Gasteiger charge is 2.51. The Bertz CT molecular complexity index is 486. The summed E-state index contributed by atoms with van der Waals surface area (Å²) in [7, 11) is 1.99. The molecule has 118 valence electrons. The van der Waals surface area contributed by atoms with E-state index < -0.39 is 0 Å². The fourth-order valence-corrected chi connectivity index (χ4v) is 3.59. The van der Waals surface area contributed by atoms with Crippen molar-refractivity contribution in [3.63, 3.8) is 0 Å². The lowest BCUT2D eigenvalue weighted by molar-refractivity contribution is 0.0280. The predicted octanol–water partition coefficient (Wildman–Crippen LogP) is 2.54. The third-order valence-electron chi connectivity index (χ3n) is 4.84. The van der Waals surface area contributed by atoms with Crippen LogP contribution in [0.2, 0.25) is 0 Å². The fourth-order valence-electron chi connectivity index (χ4n) is 3.59. The van der Waals surface area contributed by atoms with Gasteiger partial charge in [0.1, 0.15) is 0 Å². The van der Waals surface area contributed by atoms with E-state index >= 15 is 0 Å². The van der Waals surface area contributed by atoms with Crippen molar-refractivity contribution in [1.29, 1.82) is 0 Å². The third kappa shape index (κ3) is 3.49. The first kappa shape index (κ1) is 15.0. The first-order valence-electron chi connectivity index (χ1n) is 8.22. The predicted molar refractivity (Wildman–Crippen MR) is 84.2 cm³/mol. The van der Waals surface area contributed by atoms with Crippen LogP contribution in [-0.2, 0) is 18.2 Å². The van der Waals surface area contributed by atoms with Crippen LogP contribution in [0.1, 0.15) is 45.6 Å². The maximum Gasteiger partial charge on any atom is 0.0675 e. The van der Waals surface area contributed by atoms with Crippen LogP contribution in [0, 0.1) is 11.3 Å². The first-order valence-corrected chi connectivity index (χ1v) is 8.22. The number of nitrogens with one attached hydrogen (secondary N) is 1. The summed E-state index contributed by atoms with van der Waals surface area (Å²) >= 11 is 0. The topological polar surface area (TPSA) is 39.1 Å². The Balaban J connectivity index is 1.79. The SMILES string of the molecule is Cn1cc(CC2(CNC(C)(C)C)CCOC2C2CC2)cn1. The number of aryl methyl sites for hydroxylation is 1. The molecule has 3 rings (SSSR count). The highest BCUT2D eigenvalue weighted by molar-refractivity contribution is 5.13. The monoisotopic (exact) mass is 291 g/mol.